The molecule has 21 heavy (non-hydrogen) atoms. The Hall–Kier alpha value is -1.95. The van der Waals surface area contributed by atoms with Crippen LogP contribution in [0.25, 0.3) is 0 Å². The van der Waals surface area contributed by atoms with Crippen molar-refractivity contribution in [3.63, 3.8) is 0 Å². The molecule has 2 unspecified atom stereocenters. The van der Waals surface area contributed by atoms with Crippen LogP contribution in [0.2, 0.25) is 5.02 Å². The van der Waals surface area contributed by atoms with Crippen molar-refractivity contribution in [2.75, 3.05) is 12.3 Å². The van der Waals surface area contributed by atoms with Gasteiger partial charge in [-0.2, -0.15) is 10.5 Å². The van der Waals surface area contributed by atoms with E-state index >= 15 is 0 Å². The Morgan fingerprint density at radius 3 is 2.76 bits per heavy atom. The lowest BCUT2D eigenvalue weighted by Gasteiger charge is -2.35. The summed E-state index contributed by atoms with van der Waals surface area (Å²) in [7, 11) is 0. The maximum atomic E-state index is 9.59. The highest BCUT2D eigenvalue weighted by Gasteiger charge is 2.43. The average Bonchev–Trinajstić information content (AvgIpc) is 2.97. The van der Waals surface area contributed by atoms with Crippen molar-refractivity contribution >= 4 is 29.2 Å². The summed E-state index contributed by atoms with van der Waals surface area (Å²) in [5.41, 5.74) is 1.29. The van der Waals surface area contributed by atoms with Gasteiger partial charge in [-0.1, -0.05) is 29.8 Å². The molecule has 0 bridgehead atoms. The average molecular weight is 315 g/mol. The lowest BCUT2D eigenvalue weighted by molar-refractivity contribution is 0.505. The molecule has 0 aromatic heterocycles. The van der Waals surface area contributed by atoms with Crippen LogP contribution in [0, 0.1) is 34.0 Å². The molecule has 2 heterocycles. The third-order valence-corrected chi connectivity index (χ3v) is 5.20. The molecule has 3 rings (SSSR count). The Balaban J connectivity index is 2.23. The molecule has 2 atom stereocenters. The fourth-order valence-electron chi connectivity index (χ4n) is 2.81. The van der Waals surface area contributed by atoms with Gasteiger partial charge in [-0.25, -0.2) is 0 Å². The van der Waals surface area contributed by atoms with Gasteiger partial charge in [-0.3, -0.25) is 5.41 Å². The number of benzene rings is 1. The number of amidine groups is 1. The first-order valence-electron chi connectivity index (χ1n) is 6.46. The van der Waals surface area contributed by atoms with Gasteiger partial charge in [0.1, 0.15) is 11.8 Å². The summed E-state index contributed by atoms with van der Waals surface area (Å²) in [6, 6.07) is 11.7. The first kappa shape index (κ1) is 14.0. The molecule has 4 nitrogen and oxygen atoms in total. The summed E-state index contributed by atoms with van der Waals surface area (Å²) in [5.74, 6) is -0.0440. The van der Waals surface area contributed by atoms with Crippen molar-refractivity contribution in [3.8, 4) is 12.1 Å². The summed E-state index contributed by atoms with van der Waals surface area (Å²) in [5, 5.41) is 28.7. The topological polar surface area (TPSA) is 74.7 Å². The summed E-state index contributed by atoms with van der Waals surface area (Å²) >= 11 is 7.83. The number of hydrogen-bond donors (Lipinski definition) is 1. The van der Waals surface area contributed by atoms with Crippen LogP contribution in [0.4, 0.5) is 0 Å². The van der Waals surface area contributed by atoms with E-state index in [-0.39, 0.29) is 5.84 Å². The second-order valence-corrected chi connectivity index (χ2v) is 6.31. The van der Waals surface area contributed by atoms with Crippen LogP contribution in [0.3, 0.4) is 0 Å². The Morgan fingerprint density at radius 2 is 2.10 bits per heavy atom. The lowest BCUT2D eigenvalue weighted by Crippen LogP contribution is -2.40. The van der Waals surface area contributed by atoms with E-state index in [0.717, 1.165) is 16.3 Å². The first-order chi connectivity index (χ1) is 10.2. The van der Waals surface area contributed by atoms with Gasteiger partial charge in [0.25, 0.3) is 0 Å². The number of halogens is 1. The zero-order valence-corrected chi connectivity index (χ0v) is 12.6. The predicted octanol–water partition coefficient (Wildman–Crippen LogP) is 3.34. The molecule has 1 aromatic rings. The highest BCUT2D eigenvalue weighted by Crippen LogP contribution is 2.47. The van der Waals surface area contributed by atoms with Crippen molar-refractivity contribution in [1.29, 1.82) is 15.9 Å². The number of hydrogen-bond acceptors (Lipinski definition) is 4. The van der Waals surface area contributed by atoms with Crippen LogP contribution in [0.1, 0.15) is 11.5 Å². The van der Waals surface area contributed by atoms with E-state index in [0.29, 0.717) is 17.1 Å². The zero-order valence-electron chi connectivity index (χ0n) is 11.0. The third-order valence-electron chi connectivity index (χ3n) is 3.76. The maximum Gasteiger partial charge on any atom is 0.119 e. The van der Waals surface area contributed by atoms with Gasteiger partial charge in [0.05, 0.1) is 22.7 Å². The zero-order chi connectivity index (χ0) is 15.0. The standard InChI is InChI=1S/C15H11ClN4S/c16-12-4-2-1-3-9(12)13-10(7-17)14(19)20-5-6-21-15(20)11(13)8-18/h1-4,10,13,19H,5-6H2. The molecule has 1 aromatic carbocycles. The van der Waals surface area contributed by atoms with Crippen molar-refractivity contribution in [1.82, 2.24) is 4.90 Å². The molecule has 1 N–H and O–H groups in total. The first-order valence-corrected chi connectivity index (χ1v) is 7.82. The fourth-order valence-corrected chi connectivity index (χ4v) is 4.20. The van der Waals surface area contributed by atoms with Gasteiger partial charge in [0.15, 0.2) is 0 Å². The molecule has 0 saturated carbocycles. The molecule has 0 aliphatic carbocycles. The Bertz CT molecular complexity index is 728. The van der Waals surface area contributed by atoms with E-state index < -0.39 is 11.8 Å². The molecular weight excluding hydrogens is 304 g/mol. The van der Waals surface area contributed by atoms with Crippen LogP contribution in [0.5, 0.6) is 0 Å². The minimum Gasteiger partial charge on any atom is -0.322 e. The number of thioether (sulfide) groups is 1. The molecule has 1 saturated heterocycles. The Kier molecular flexibility index (Phi) is 3.63. The van der Waals surface area contributed by atoms with Crippen LogP contribution < -0.4 is 0 Å². The number of fused-ring (bicyclic) bond motifs is 1. The molecule has 2 aliphatic heterocycles. The monoisotopic (exact) mass is 314 g/mol. The number of allylic oxidation sites excluding steroid dienone is 1. The summed E-state index contributed by atoms with van der Waals surface area (Å²) in [6.07, 6.45) is 0. The minimum absolute atomic E-state index is 0.265. The van der Waals surface area contributed by atoms with Crippen molar-refractivity contribution < 1.29 is 0 Å². The van der Waals surface area contributed by atoms with Crippen LogP contribution in [-0.2, 0) is 0 Å². The predicted molar refractivity (Wildman–Crippen MR) is 82.8 cm³/mol. The third kappa shape index (κ3) is 2.10. The highest BCUT2D eigenvalue weighted by atomic mass is 35.5. The quantitative estimate of drug-likeness (QED) is 0.862. The minimum atomic E-state index is -0.679. The van der Waals surface area contributed by atoms with Crippen LogP contribution in [0.15, 0.2) is 34.9 Å². The van der Waals surface area contributed by atoms with E-state index in [9.17, 15) is 10.5 Å². The number of rotatable bonds is 1. The van der Waals surface area contributed by atoms with E-state index in [1.165, 1.54) is 0 Å². The van der Waals surface area contributed by atoms with Gasteiger partial charge < -0.3 is 4.90 Å². The second kappa shape index (κ2) is 5.44. The van der Waals surface area contributed by atoms with Gasteiger partial charge >= 0.3 is 0 Å². The van der Waals surface area contributed by atoms with Gasteiger partial charge in [0.2, 0.25) is 0 Å². The molecule has 0 amide bonds. The normalized spacial score (nSPS) is 24.5. The van der Waals surface area contributed by atoms with Crippen LogP contribution in [-0.4, -0.2) is 23.0 Å². The van der Waals surface area contributed by atoms with Gasteiger partial charge in [-0.05, 0) is 11.6 Å². The van der Waals surface area contributed by atoms with Gasteiger partial charge in [0, 0.05) is 23.2 Å². The van der Waals surface area contributed by atoms with Crippen molar-refractivity contribution in [2.24, 2.45) is 5.92 Å². The molecule has 6 heteroatoms. The lowest BCUT2D eigenvalue weighted by atomic mass is 9.78. The number of nitriles is 2. The highest BCUT2D eigenvalue weighted by molar-refractivity contribution is 8.03. The largest absolute Gasteiger partial charge is 0.322 e. The van der Waals surface area contributed by atoms with E-state index in [4.69, 9.17) is 17.0 Å². The molecule has 104 valence electrons. The van der Waals surface area contributed by atoms with E-state index in [2.05, 4.69) is 12.1 Å². The molecule has 1 fully saturated rings. The van der Waals surface area contributed by atoms with Crippen molar-refractivity contribution in [3.05, 3.63) is 45.5 Å². The smallest absolute Gasteiger partial charge is 0.119 e. The van der Waals surface area contributed by atoms with Crippen molar-refractivity contribution in [2.45, 2.75) is 5.92 Å². The Labute approximate surface area is 132 Å². The molecule has 0 spiro atoms. The maximum absolute atomic E-state index is 9.59. The van der Waals surface area contributed by atoms with Crippen LogP contribution >= 0.6 is 23.4 Å². The molecule has 0 radical (unpaired) electrons. The van der Waals surface area contributed by atoms with Gasteiger partial charge in [-0.15, -0.1) is 11.8 Å². The van der Waals surface area contributed by atoms with E-state index in [1.807, 2.05) is 18.2 Å². The SMILES string of the molecule is N#CC1=C2SCCN2C(=N)C(C#N)C1c1ccccc1Cl. The summed E-state index contributed by atoms with van der Waals surface area (Å²) in [6.45, 7) is 0.678. The summed E-state index contributed by atoms with van der Waals surface area (Å²) in [4.78, 5) is 1.78. The second-order valence-electron chi connectivity index (χ2n) is 4.82. The number of nitrogens with one attached hydrogen (secondary N) is 1. The molecule has 2 aliphatic rings. The van der Waals surface area contributed by atoms with E-state index in [1.54, 1.807) is 22.7 Å². The molecular formula is C15H11ClN4S. The summed E-state index contributed by atoms with van der Waals surface area (Å²) < 4.78 is 0. The fraction of sp³-hybridized carbons (Fsp3) is 0.267. The number of nitrogens with zero attached hydrogens (tertiary/aromatic N) is 3. The Morgan fingerprint density at radius 1 is 1.33 bits per heavy atom.